The van der Waals surface area contributed by atoms with E-state index in [-0.39, 0.29) is 0 Å². The Bertz CT molecular complexity index is 763. The highest BCUT2D eigenvalue weighted by Gasteiger charge is 2.03. The standard InChI is InChI=1S/C16H15N3/c1-10-8-11(2-5-14(10)18)15-6-3-12-9-13(17)4-7-16(12)19-15/h2-9H,17-18H2,1H3. The van der Waals surface area contributed by atoms with Gasteiger partial charge in [-0.3, -0.25) is 0 Å². The number of aromatic nitrogens is 1. The van der Waals surface area contributed by atoms with Crippen LogP contribution in [0, 0.1) is 6.92 Å². The number of benzene rings is 2. The summed E-state index contributed by atoms with van der Waals surface area (Å²) in [6.07, 6.45) is 0. The Kier molecular flexibility index (Phi) is 2.60. The van der Waals surface area contributed by atoms with E-state index in [1.165, 1.54) is 0 Å². The number of hydrogen-bond donors (Lipinski definition) is 2. The Morgan fingerprint density at radius 2 is 1.74 bits per heavy atom. The molecule has 0 radical (unpaired) electrons. The maximum absolute atomic E-state index is 5.84. The van der Waals surface area contributed by atoms with Crippen LogP contribution in [0.1, 0.15) is 5.56 Å². The molecule has 0 bridgehead atoms. The monoisotopic (exact) mass is 249 g/mol. The first kappa shape index (κ1) is 11.5. The van der Waals surface area contributed by atoms with Gasteiger partial charge in [-0.25, -0.2) is 4.98 Å². The van der Waals surface area contributed by atoms with Gasteiger partial charge in [-0.05, 0) is 48.9 Å². The fraction of sp³-hybridized carbons (Fsp3) is 0.0625. The number of pyridine rings is 1. The minimum absolute atomic E-state index is 0.755. The molecule has 3 heteroatoms. The fourth-order valence-corrected chi connectivity index (χ4v) is 2.14. The van der Waals surface area contributed by atoms with Crippen LogP contribution in [-0.4, -0.2) is 4.98 Å². The Hall–Kier alpha value is -2.55. The van der Waals surface area contributed by atoms with E-state index >= 15 is 0 Å². The van der Waals surface area contributed by atoms with Crippen molar-refractivity contribution in [3.63, 3.8) is 0 Å². The molecule has 1 heterocycles. The first-order valence-electron chi connectivity index (χ1n) is 6.16. The van der Waals surface area contributed by atoms with Gasteiger partial charge in [0, 0.05) is 22.3 Å². The minimum atomic E-state index is 0.755. The molecule has 0 amide bonds. The van der Waals surface area contributed by atoms with Gasteiger partial charge < -0.3 is 11.5 Å². The van der Waals surface area contributed by atoms with Crippen LogP contribution in [0.4, 0.5) is 11.4 Å². The van der Waals surface area contributed by atoms with Crippen molar-refractivity contribution < 1.29 is 0 Å². The van der Waals surface area contributed by atoms with Crippen molar-refractivity contribution in [1.82, 2.24) is 4.98 Å². The number of nitrogens with two attached hydrogens (primary N) is 2. The Morgan fingerprint density at radius 3 is 2.53 bits per heavy atom. The van der Waals surface area contributed by atoms with Crippen molar-refractivity contribution in [2.75, 3.05) is 11.5 Å². The summed E-state index contributed by atoms with van der Waals surface area (Å²) in [5.74, 6) is 0. The SMILES string of the molecule is Cc1cc(-c2ccc3cc(N)ccc3n2)ccc1N. The predicted molar refractivity (Wildman–Crippen MR) is 80.7 cm³/mol. The third kappa shape index (κ3) is 2.10. The van der Waals surface area contributed by atoms with Gasteiger partial charge in [0.25, 0.3) is 0 Å². The summed E-state index contributed by atoms with van der Waals surface area (Å²) >= 11 is 0. The van der Waals surface area contributed by atoms with Crippen LogP contribution < -0.4 is 11.5 Å². The molecule has 0 aliphatic rings. The maximum atomic E-state index is 5.84. The van der Waals surface area contributed by atoms with Crippen molar-refractivity contribution in [2.45, 2.75) is 6.92 Å². The summed E-state index contributed by atoms with van der Waals surface area (Å²) < 4.78 is 0. The highest BCUT2D eigenvalue weighted by molar-refractivity contribution is 5.84. The average Bonchev–Trinajstić information content (AvgIpc) is 2.41. The fourth-order valence-electron chi connectivity index (χ4n) is 2.14. The van der Waals surface area contributed by atoms with Crippen molar-refractivity contribution in [3.05, 3.63) is 54.1 Å². The molecule has 94 valence electrons. The van der Waals surface area contributed by atoms with Gasteiger partial charge in [-0.2, -0.15) is 0 Å². The quantitative estimate of drug-likeness (QED) is 0.650. The molecule has 2 aromatic carbocycles. The van der Waals surface area contributed by atoms with Crippen LogP contribution in [0.2, 0.25) is 0 Å². The normalized spacial score (nSPS) is 10.8. The highest BCUT2D eigenvalue weighted by Crippen LogP contribution is 2.24. The van der Waals surface area contributed by atoms with Gasteiger partial charge in [0.15, 0.2) is 0 Å². The number of fused-ring (bicyclic) bond motifs is 1. The van der Waals surface area contributed by atoms with Crippen LogP contribution in [0.5, 0.6) is 0 Å². The zero-order valence-corrected chi connectivity index (χ0v) is 10.7. The highest BCUT2D eigenvalue weighted by atomic mass is 14.7. The molecule has 0 aliphatic carbocycles. The summed E-state index contributed by atoms with van der Waals surface area (Å²) in [7, 11) is 0. The molecule has 3 nitrogen and oxygen atoms in total. The summed E-state index contributed by atoms with van der Waals surface area (Å²) in [5.41, 5.74) is 17.2. The van der Waals surface area contributed by atoms with Crippen molar-refractivity contribution in [3.8, 4) is 11.3 Å². The van der Waals surface area contributed by atoms with Crippen LogP contribution in [0.3, 0.4) is 0 Å². The maximum Gasteiger partial charge on any atom is 0.0711 e. The van der Waals surface area contributed by atoms with E-state index in [2.05, 4.69) is 11.1 Å². The third-order valence-electron chi connectivity index (χ3n) is 3.28. The molecule has 1 aromatic heterocycles. The number of hydrogen-bond acceptors (Lipinski definition) is 3. The van der Waals surface area contributed by atoms with Crippen molar-refractivity contribution in [1.29, 1.82) is 0 Å². The van der Waals surface area contributed by atoms with E-state index in [1.54, 1.807) is 0 Å². The first-order valence-corrected chi connectivity index (χ1v) is 6.16. The Balaban J connectivity index is 2.14. The summed E-state index contributed by atoms with van der Waals surface area (Å²) in [6.45, 7) is 2.00. The minimum Gasteiger partial charge on any atom is -0.399 e. The lowest BCUT2D eigenvalue weighted by Gasteiger charge is -2.06. The zero-order chi connectivity index (χ0) is 13.4. The van der Waals surface area contributed by atoms with Gasteiger partial charge in [0.05, 0.1) is 11.2 Å². The molecular formula is C16H15N3. The lowest BCUT2D eigenvalue weighted by atomic mass is 10.1. The van der Waals surface area contributed by atoms with Crippen LogP contribution in [0.15, 0.2) is 48.5 Å². The summed E-state index contributed by atoms with van der Waals surface area (Å²) in [6, 6.07) is 15.8. The third-order valence-corrected chi connectivity index (χ3v) is 3.28. The topological polar surface area (TPSA) is 64.9 Å². The second kappa shape index (κ2) is 4.28. The molecule has 0 atom stereocenters. The van der Waals surface area contributed by atoms with E-state index in [9.17, 15) is 0 Å². The second-order valence-corrected chi connectivity index (χ2v) is 4.72. The summed E-state index contributed by atoms with van der Waals surface area (Å²) in [4.78, 5) is 4.66. The second-order valence-electron chi connectivity index (χ2n) is 4.72. The van der Waals surface area contributed by atoms with E-state index in [0.717, 1.165) is 39.1 Å². The largest absolute Gasteiger partial charge is 0.399 e. The number of nitrogen functional groups attached to an aromatic ring is 2. The van der Waals surface area contributed by atoms with E-state index in [4.69, 9.17) is 11.5 Å². The first-order chi connectivity index (χ1) is 9.13. The van der Waals surface area contributed by atoms with Gasteiger partial charge in [0.1, 0.15) is 0 Å². The van der Waals surface area contributed by atoms with Gasteiger partial charge in [-0.1, -0.05) is 12.1 Å². The lowest BCUT2D eigenvalue weighted by molar-refractivity contribution is 1.38. The molecule has 0 saturated heterocycles. The molecule has 0 saturated carbocycles. The molecule has 0 aliphatic heterocycles. The number of rotatable bonds is 1. The van der Waals surface area contributed by atoms with Gasteiger partial charge >= 0.3 is 0 Å². The molecular weight excluding hydrogens is 234 g/mol. The average molecular weight is 249 g/mol. The molecule has 19 heavy (non-hydrogen) atoms. The zero-order valence-electron chi connectivity index (χ0n) is 10.7. The Morgan fingerprint density at radius 1 is 0.895 bits per heavy atom. The molecule has 0 fully saturated rings. The molecule has 4 N–H and O–H groups in total. The molecule has 0 spiro atoms. The number of nitrogens with zero attached hydrogens (tertiary/aromatic N) is 1. The van der Waals surface area contributed by atoms with Crippen LogP contribution in [0.25, 0.3) is 22.2 Å². The van der Waals surface area contributed by atoms with E-state index in [1.807, 2.05) is 49.4 Å². The van der Waals surface area contributed by atoms with E-state index < -0.39 is 0 Å². The van der Waals surface area contributed by atoms with Crippen molar-refractivity contribution >= 4 is 22.3 Å². The van der Waals surface area contributed by atoms with Crippen LogP contribution in [-0.2, 0) is 0 Å². The summed E-state index contributed by atoms with van der Waals surface area (Å²) in [5, 5.41) is 1.05. The number of anilines is 2. The molecule has 0 unspecified atom stereocenters. The van der Waals surface area contributed by atoms with E-state index in [0.29, 0.717) is 0 Å². The van der Waals surface area contributed by atoms with Crippen LogP contribution >= 0.6 is 0 Å². The number of aryl methyl sites for hydroxylation is 1. The predicted octanol–water partition coefficient (Wildman–Crippen LogP) is 3.37. The van der Waals surface area contributed by atoms with Gasteiger partial charge in [-0.15, -0.1) is 0 Å². The lowest BCUT2D eigenvalue weighted by Crippen LogP contribution is -1.91. The van der Waals surface area contributed by atoms with Crippen molar-refractivity contribution in [2.24, 2.45) is 0 Å². The molecule has 3 rings (SSSR count). The smallest absolute Gasteiger partial charge is 0.0711 e. The molecule has 3 aromatic rings. The van der Waals surface area contributed by atoms with Gasteiger partial charge in [0.2, 0.25) is 0 Å². The Labute approximate surface area is 111 Å².